The Morgan fingerprint density at radius 3 is 2.73 bits per heavy atom. The van der Waals surface area contributed by atoms with Gasteiger partial charge in [0.05, 0.1) is 12.6 Å². The summed E-state index contributed by atoms with van der Waals surface area (Å²) < 4.78 is 0. The first kappa shape index (κ1) is 8.29. The number of hydrogen-bond acceptors (Lipinski definition) is 3. The number of carboxylic acid groups (broad SMARTS) is 1. The summed E-state index contributed by atoms with van der Waals surface area (Å²) in [7, 11) is 0. The number of aliphatic hydroxyl groups is 1. The molecule has 1 heterocycles. The number of amides is 1. The molecule has 0 aliphatic carbocycles. The first-order chi connectivity index (χ1) is 5.16. The van der Waals surface area contributed by atoms with Crippen molar-refractivity contribution in [2.24, 2.45) is 5.73 Å². The third kappa shape index (κ3) is 1.44. The maximum Gasteiger partial charge on any atom is 0.407 e. The van der Waals surface area contributed by atoms with Crippen molar-refractivity contribution in [1.29, 1.82) is 0 Å². The van der Waals surface area contributed by atoms with Crippen molar-refractivity contribution in [1.82, 2.24) is 4.90 Å². The fraction of sp³-hybridized carbons (Fsp3) is 0.833. The van der Waals surface area contributed by atoms with E-state index in [1.54, 1.807) is 0 Å². The number of nitrogens with two attached hydrogens (primary N) is 1. The van der Waals surface area contributed by atoms with E-state index in [1.807, 2.05) is 0 Å². The minimum absolute atomic E-state index is 0.187. The van der Waals surface area contributed by atoms with Gasteiger partial charge in [0, 0.05) is 12.6 Å². The number of hydrogen-bond donors (Lipinski definition) is 3. The number of carbonyl (C=O) groups is 1. The van der Waals surface area contributed by atoms with Crippen LogP contribution in [0.2, 0.25) is 0 Å². The average molecular weight is 160 g/mol. The molecule has 0 spiro atoms. The fourth-order valence-corrected chi connectivity index (χ4v) is 1.35. The molecule has 5 heteroatoms. The van der Waals surface area contributed by atoms with Crippen LogP contribution in [-0.2, 0) is 0 Å². The topological polar surface area (TPSA) is 86.8 Å². The molecule has 0 saturated carbocycles. The van der Waals surface area contributed by atoms with E-state index < -0.39 is 12.1 Å². The Labute approximate surface area is 64.4 Å². The highest BCUT2D eigenvalue weighted by molar-refractivity contribution is 5.66. The maximum atomic E-state index is 10.5. The van der Waals surface area contributed by atoms with E-state index in [0.29, 0.717) is 13.0 Å². The van der Waals surface area contributed by atoms with Crippen LogP contribution in [0.3, 0.4) is 0 Å². The van der Waals surface area contributed by atoms with Gasteiger partial charge in [0.1, 0.15) is 0 Å². The van der Waals surface area contributed by atoms with Gasteiger partial charge in [-0.1, -0.05) is 0 Å². The molecule has 64 valence electrons. The molecule has 1 rings (SSSR count). The molecule has 1 saturated heterocycles. The molecule has 0 bridgehead atoms. The molecule has 1 amide bonds. The molecule has 2 atom stereocenters. The van der Waals surface area contributed by atoms with Gasteiger partial charge in [-0.2, -0.15) is 0 Å². The summed E-state index contributed by atoms with van der Waals surface area (Å²) in [4.78, 5) is 11.7. The molecule has 5 nitrogen and oxygen atoms in total. The molecular formula is C6H12N2O3. The Bertz CT molecular complexity index is 162. The lowest BCUT2D eigenvalue weighted by molar-refractivity contribution is 0.115. The monoisotopic (exact) mass is 160 g/mol. The second kappa shape index (κ2) is 3.06. The number of nitrogens with zero attached hydrogens (tertiary/aromatic N) is 1. The van der Waals surface area contributed by atoms with Crippen LogP contribution in [0.25, 0.3) is 0 Å². The van der Waals surface area contributed by atoms with Crippen molar-refractivity contribution in [2.75, 3.05) is 13.2 Å². The average Bonchev–Trinajstić information content (AvgIpc) is 2.30. The Kier molecular flexibility index (Phi) is 2.31. The van der Waals surface area contributed by atoms with Crippen LogP contribution in [0.1, 0.15) is 6.42 Å². The van der Waals surface area contributed by atoms with Crippen molar-refractivity contribution < 1.29 is 15.0 Å². The molecule has 0 aromatic rings. The van der Waals surface area contributed by atoms with Crippen molar-refractivity contribution in [2.45, 2.75) is 18.5 Å². The van der Waals surface area contributed by atoms with Gasteiger partial charge in [-0.05, 0) is 6.42 Å². The molecule has 0 aromatic carbocycles. The first-order valence-corrected chi connectivity index (χ1v) is 3.53. The minimum Gasteiger partial charge on any atom is -0.465 e. The molecule has 4 N–H and O–H groups in total. The summed E-state index contributed by atoms with van der Waals surface area (Å²) >= 11 is 0. The SMILES string of the molecule is NC1CCN(C(=O)O)[C@@H]1CO. The van der Waals surface area contributed by atoms with Gasteiger partial charge in [-0.15, -0.1) is 0 Å². The summed E-state index contributed by atoms with van der Waals surface area (Å²) in [5.41, 5.74) is 5.55. The maximum absolute atomic E-state index is 10.5. The summed E-state index contributed by atoms with van der Waals surface area (Å²) in [5.74, 6) is 0. The van der Waals surface area contributed by atoms with E-state index in [2.05, 4.69) is 0 Å². The van der Waals surface area contributed by atoms with Crippen molar-refractivity contribution >= 4 is 6.09 Å². The van der Waals surface area contributed by atoms with E-state index >= 15 is 0 Å². The summed E-state index contributed by atoms with van der Waals surface area (Å²) in [6.07, 6.45) is -0.366. The van der Waals surface area contributed by atoms with Gasteiger partial charge >= 0.3 is 6.09 Å². The second-order valence-corrected chi connectivity index (χ2v) is 2.68. The van der Waals surface area contributed by atoms with Crippen molar-refractivity contribution in [3.05, 3.63) is 0 Å². The van der Waals surface area contributed by atoms with Crippen LogP contribution in [0.15, 0.2) is 0 Å². The van der Waals surface area contributed by atoms with Gasteiger partial charge in [-0.25, -0.2) is 4.79 Å². The van der Waals surface area contributed by atoms with Gasteiger partial charge in [0.15, 0.2) is 0 Å². The van der Waals surface area contributed by atoms with Crippen LogP contribution < -0.4 is 5.73 Å². The Morgan fingerprint density at radius 2 is 2.36 bits per heavy atom. The predicted octanol–water partition coefficient (Wildman–Crippen LogP) is -0.942. The van der Waals surface area contributed by atoms with Crippen LogP contribution >= 0.6 is 0 Å². The molecule has 11 heavy (non-hydrogen) atoms. The minimum atomic E-state index is -1.00. The first-order valence-electron chi connectivity index (χ1n) is 3.53. The van der Waals surface area contributed by atoms with E-state index in [4.69, 9.17) is 15.9 Å². The van der Waals surface area contributed by atoms with Crippen LogP contribution in [0, 0.1) is 0 Å². The lowest BCUT2D eigenvalue weighted by atomic mass is 10.1. The van der Waals surface area contributed by atoms with E-state index in [-0.39, 0.29) is 12.6 Å². The van der Waals surface area contributed by atoms with Crippen LogP contribution in [0.5, 0.6) is 0 Å². The molecule has 1 aliphatic heterocycles. The normalized spacial score (nSPS) is 30.9. The van der Waals surface area contributed by atoms with Gasteiger partial charge in [0.2, 0.25) is 0 Å². The molecule has 0 radical (unpaired) electrons. The van der Waals surface area contributed by atoms with Gasteiger partial charge < -0.3 is 20.8 Å². The fourth-order valence-electron chi connectivity index (χ4n) is 1.35. The number of likely N-dealkylation sites (tertiary alicyclic amines) is 1. The van der Waals surface area contributed by atoms with E-state index in [1.165, 1.54) is 4.90 Å². The van der Waals surface area contributed by atoms with E-state index in [0.717, 1.165) is 0 Å². The van der Waals surface area contributed by atoms with Crippen LogP contribution in [0.4, 0.5) is 4.79 Å². The van der Waals surface area contributed by atoms with Gasteiger partial charge in [-0.3, -0.25) is 0 Å². The third-order valence-corrected chi connectivity index (χ3v) is 2.03. The smallest absolute Gasteiger partial charge is 0.407 e. The Hall–Kier alpha value is -0.810. The predicted molar refractivity (Wildman–Crippen MR) is 38.2 cm³/mol. The highest BCUT2D eigenvalue weighted by Crippen LogP contribution is 2.15. The zero-order chi connectivity index (χ0) is 8.43. The third-order valence-electron chi connectivity index (χ3n) is 2.03. The number of rotatable bonds is 1. The lowest BCUT2D eigenvalue weighted by Crippen LogP contribution is -2.44. The molecule has 1 aliphatic rings. The number of aliphatic hydroxyl groups excluding tert-OH is 1. The molecule has 0 aromatic heterocycles. The second-order valence-electron chi connectivity index (χ2n) is 2.68. The largest absolute Gasteiger partial charge is 0.465 e. The highest BCUT2D eigenvalue weighted by atomic mass is 16.4. The Morgan fingerprint density at radius 1 is 1.73 bits per heavy atom. The highest BCUT2D eigenvalue weighted by Gasteiger charge is 2.33. The van der Waals surface area contributed by atoms with Crippen LogP contribution in [-0.4, -0.2) is 46.4 Å². The molecule has 1 fully saturated rings. The van der Waals surface area contributed by atoms with Gasteiger partial charge in [0.25, 0.3) is 0 Å². The quantitative estimate of drug-likeness (QED) is 0.462. The lowest BCUT2D eigenvalue weighted by Gasteiger charge is -2.21. The summed E-state index contributed by atoms with van der Waals surface area (Å²) in [6.45, 7) is 0.245. The van der Waals surface area contributed by atoms with Crippen molar-refractivity contribution in [3.63, 3.8) is 0 Å². The Balaban J connectivity index is 2.61. The summed E-state index contributed by atoms with van der Waals surface area (Å²) in [6, 6.07) is -0.622. The summed E-state index contributed by atoms with van der Waals surface area (Å²) in [5, 5.41) is 17.4. The van der Waals surface area contributed by atoms with Crippen molar-refractivity contribution in [3.8, 4) is 0 Å². The zero-order valence-electron chi connectivity index (χ0n) is 6.10. The molecule has 1 unspecified atom stereocenters. The molecular weight excluding hydrogens is 148 g/mol. The van der Waals surface area contributed by atoms with E-state index in [9.17, 15) is 4.79 Å². The standard InChI is InChI=1S/C6H12N2O3/c7-4-1-2-8(6(10)11)5(4)3-9/h4-5,9H,1-3,7H2,(H,10,11)/t4?,5-/m1/s1. The zero-order valence-corrected chi connectivity index (χ0v) is 6.10.